The topological polar surface area (TPSA) is 295 Å². The third-order valence-corrected chi connectivity index (χ3v) is 8.94. The first-order valence-corrected chi connectivity index (χ1v) is 17.9. The Hall–Kier alpha value is -4.12. The fraction of sp³-hybridized carbons (Fsp3) is 0.677. The predicted molar refractivity (Wildman–Crippen MR) is 175 cm³/mol. The van der Waals surface area contributed by atoms with Crippen molar-refractivity contribution in [2.24, 2.45) is 23.5 Å². The van der Waals surface area contributed by atoms with E-state index in [1.54, 1.807) is 10.9 Å². The van der Waals surface area contributed by atoms with Crippen LogP contribution in [0.15, 0.2) is 12.5 Å². The molecule has 20 heteroatoms. The van der Waals surface area contributed by atoms with Crippen molar-refractivity contribution in [2.75, 3.05) is 13.2 Å². The zero-order valence-corrected chi connectivity index (χ0v) is 30.2. The van der Waals surface area contributed by atoms with Gasteiger partial charge in [0.2, 0.25) is 23.6 Å². The molecule has 2 heterocycles. The molecule has 286 valence electrons. The van der Waals surface area contributed by atoms with Crippen molar-refractivity contribution in [3.63, 3.8) is 0 Å². The smallest absolute Gasteiger partial charge is 0.394 e. The summed E-state index contributed by atoms with van der Waals surface area (Å²) in [6.45, 7) is 8.18. The van der Waals surface area contributed by atoms with Crippen molar-refractivity contribution in [1.29, 1.82) is 0 Å². The van der Waals surface area contributed by atoms with Crippen molar-refractivity contribution in [3.05, 3.63) is 18.2 Å². The van der Waals surface area contributed by atoms with Crippen molar-refractivity contribution < 1.29 is 62.3 Å². The van der Waals surface area contributed by atoms with Gasteiger partial charge in [-0.15, -0.1) is 0 Å². The molecule has 0 radical (unpaired) electrons. The summed E-state index contributed by atoms with van der Waals surface area (Å²) in [5, 5.41) is 15.2. The van der Waals surface area contributed by atoms with E-state index >= 15 is 0 Å². The molecule has 0 aliphatic carbocycles. The number of carbonyl (C=O) groups is 6. The third kappa shape index (κ3) is 14.9. The van der Waals surface area contributed by atoms with Gasteiger partial charge in [0.15, 0.2) is 11.6 Å². The van der Waals surface area contributed by atoms with Crippen molar-refractivity contribution in [1.82, 2.24) is 25.1 Å². The molecule has 0 spiro atoms. The molecule has 19 nitrogen and oxygen atoms in total. The van der Waals surface area contributed by atoms with Crippen LogP contribution in [0.25, 0.3) is 0 Å². The number of amides is 4. The molecule has 0 bridgehead atoms. The van der Waals surface area contributed by atoms with E-state index in [4.69, 9.17) is 25.1 Å². The highest BCUT2D eigenvalue weighted by Gasteiger charge is 2.37. The quantitative estimate of drug-likeness (QED) is 0.0875. The second-order valence-corrected chi connectivity index (χ2v) is 13.8. The number of hydrogen-bond donors (Lipinski definition) is 6. The maximum absolute atomic E-state index is 13.8. The van der Waals surface area contributed by atoms with E-state index in [2.05, 4.69) is 20.1 Å². The molecular formula is C31H49N6O13P. The monoisotopic (exact) mass is 744 g/mol. The minimum atomic E-state index is -5.04. The number of phosphoric acid groups is 1. The van der Waals surface area contributed by atoms with E-state index in [0.717, 1.165) is 6.92 Å². The molecule has 1 saturated heterocycles. The first kappa shape index (κ1) is 44.9. The van der Waals surface area contributed by atoms with Gasteiger partial charge in [-0.1, -0.05) is 13.8 Å². The second kappa shape index (κ2) is 21.3. The summed E-state index contributed by atoms with van der Waals surface area (Å²) in [6.07, 6.45) is 2.18. The van der Waals surface area contributed by atoms with Crippen LogP contribution in [0.5, 0.6) is 0 Å². The molecular weight excluding hydrogens is 695 g/mol. The summed E-state index contributed by atoms with van der Waals surface area (Å²) in [6, 6.07) is -3.24. The van der Waals surface area contributed by atoms with Gasteiger partial charge in [-0.2, -0.15) is 9.59 Å². The summed E-state index contributed by atoms with van der Waals surface area (Å²) in [5.41, 5.74) is 5.96. The number of primary amides is 1. The van der Waals surface area contributed by atoms with Gasteiger partial charge < -0.3 is 40.7 Å². The molecule has 0 saturated carbocycles. The number of nitrogens with zero attached hydrogens (tertiary/aromatic N) is 3. The Labute approximate surface area is 295 Å². The molecule has 1 aromatic heterocycles. The molecule has 2 rings (SSSR count). The number of imidazole rings is 1. The molecule has 1 aliphatic rings. The number of hydrogen-bond acceptors (Lipinski definition) is 12. The van der Waals surface area contributed by atoms with Gasteiger partial charge in [0, 0.05) is 51.2 Å². The van der Waals surface area contributed by atoms with Crippen LogP contribution in [-0.4, -0.2) is 108 Å². The van der Waals surface area contributed by atoms with E-state index in [9.17, 15) is 38.4 Å². The highest BCUT2D eigenvalue weighted by molar-refractivity contribution is 7.46. The molecule has 51 heavy (non-hydrogen) atoms. The normalized spacial score (nSPS) is 17.2. The van der Waals surface area contributed by atoms with Gasteiger partial charge in [0.25, 0.3) is 0 Å². The first-order valence-electron chi connectivity index (χ1n) is 16.4. The average molecular weight is 745 g/mol. The lowest BCUT2D eigenvalue weighted by Crippen LogP contribution is -2.52. The Morgan fingerprint density at radius 2 is 1.69 bits per heavy atom. The Morgan fingerprint density at radius 3 is 2.20 bits per heavy atom. The number of nitrogens with two attached hydrogens (primary N) is 1. The van der Waals surface area contributed by atoms with Gasteiger partial charge >= 0.3 is 14.0 Å². The Kier molecular flexibility index (Phi) is 18.7. The van der Waals surface area contributed by atoms with E-state index in [-0.39, 0.29) is 37.2 Å². The summed E-state index contributed by atoms with van der Waals surface area (Å²) in [5.74, 6) is -6.49. The lowest BCUT2D eigenvalue weighted by atomic mass is 9.89. The number of aliphatic hydroxyl groups is 1. The number of Topliss-reactive ketones (excluding diaryl/α,β-unsaturated/α-hetero) is 2. The van der Waals surface area contributed by atoms with Crippen LogP contribution in [0.4, 0.5) is 0 Å². The van der Waals surface area contributed by atoms with Gasteiger partial charge in [-0.25, -0.2) is 9.55 Å². The van der Waals surface area contributed by atoms with Crippen LogP contribution < -0.4 is 16.4 Å². The third-order valence-electron chi connectivity index (χ3n) is 8.33. The molecule has 7 N–H and O–H groups in total. The predicted octanol–water partition coefficient (Wildman–Crippen LogP) is -0.985. The minimum Gasteiger partial charge on any atom is -0.394 e. The molecule has 1 fully saturated rings. The lowest BCUT2D eigenvalue weighted by molar-refractivity contribution is -0.191. The van der Waals surface area contributed by atoms with Crippen LogP contribution in [0.3, 0.4) is 0 Å². The fourth-order valence-electron chi connectivity index (χ4n) is 5.79. The number of rotatable bonds is 20. The Bertz CT molecular complexity index is 1450. The molecule has 4 amide bonds. The van der Waals surface area contributed by atoms with Crippen molar-refractivity contribution in [3.8, 4) is 0 Å². The van der Waals surface area contributed by atoms with Crippen molar-refractivity contribution in [2.45, 2.75) is 104 Å². The molecule has 1 aromatic rings. The van der Waals surface area contributed by atoms with Crippen LogP contribution in [0.2, 0.25) is 0 Å². The Balaban J connectivity index is 0.00000418. The SMILES string of the molecule is CCn1cncc1C[C@H](CC(=O)[C@H](CC(C)C)NC(=O)[C@@H]1CCCN1C(C)=O)C(=O)N[C@@H](CO)C(=O)C[C@H](C(N)=O)[C@@H](C)OP(=O)(O)O.O=C=O. The summed E-state index contributed by atoms with van der Waals surface area (Å²) < 4.78 is 17.6. The van der Waals surface area contributed by atoms with Crippen LogP contribution >= 0.6 is 7.82 Å². The van der Waals surface area contributed by atoms with Crippen molar-refractivity contribution >= 4 is 49.2 Å². The van der Waals surface area contributed by atoms with E-state index in [1.165, 1.54) is 18.0 Å². The first-order chi connectivity index (χ1) is 23.8. The molecule has 1 aliphatic heterocycles. The number of phosphoric ester groups is 1. The van der Waals surface area contributed by atoms with Gasteiger partial charge in [-0.05, 0) is 39.0 Å². The van der Waals surface area contributed by atoms with Crippen LogP contribution in [0, 0.1) is 17.8 Å². The highest BCUT2D eigenvalue weighted by Crippen LogP contribution is 2.39. The van der Waals surface area contributed by atoms with E-state index in [0.29, 0.717) is 31.6 Å². The van der Waals surface area contributed by atoms with Crippen LogP contribution in [0.1, 0.15) is 72.4 Å². The van der Waals surface area contributed by atoms with Gasteiger partial charge in [0.1, 0.15) is 12.1 Å². The van der Waals surface area contributed by atoms with E-state index in [1.807, 2.05) is 20.8 Å². The molecule has 0 unspecified atom stereocenters. The maximum Gasteiger partial charge on any atom is 0.469 e. The summed E-state index contributed by atoms with van der Waals surface area (Å²) >= 11 is 0. The number of nitrogens with one attached hydrogen (secondary N) is 2. The number of aromatic nitrogens is 2. The lowest BCUT2D eigenvalue weighted by Gasteiger charge is -2.27. The highest BCUT2D eigenvalue weighted by atomic mass is 31.2. The molecule has 0 aromatic carbocycles. The maximum atomic E-state index is 13.8. The minimum absolute atomic E-state index is 0.0118. The Morgan fingerprint density at radius 1 is 1.08 bits per heavy atom. The number of likely N-dealkylation sites (tertiary alicyclic amines) is 1. The number of ketones is 2. The van der Waals surface area contributed by atoms with Gasteiger partial charge in [-0.3, -0.25) is 33.3 Å². The zero-order chi connectivity index (χ0) is 39.1. The number of aryl methyl sites for hydroxylation is 1. The average Bonchev–Trinajstić information content (AvgIpc) is 3.70. The fourth-order valence-corrected chi connectivity index (χ4v) is 6.37. The standard InChI is InChI=1S/C30H49N6O11P.CO2/c1-6-35-16-32-14-21(35)11-20(12-26(39)23(10-17(2)3)33-30(43)25-8-7-9-36(25)19(5)38)29(42)34-24(15-37)27(40)13-22(28(31)41)18(4)47-48(44,45)46;2-1-3/h14,16-18,20,22-25,37H,6-13,15H2,1-5H3,(H2,31,41)(H,33,43)(H,34,42)(H2,44,45,46);/t18-,20-,22+,23+,24+,25+;/m1./s1. The van der Waals surface area contributed by atoms with E-state index < -0.39 is 86.2 Å². The largest absolute Gasteiger partial charge is 0.469 e. The van der Waals surface area contributed by atoms with Crippen LogP contribution in [-0.2, 0) is 60.4 Å². The van der Waals surface area contributed by atoms with Gasteiger partial charge in [0.05, 0.1) is 36.9 Å². The molecule has 6 atom stereocenters. The zero-order valence-electron chi connectivity index (χ0n) is 29.4. The summed E-state index contributed by atoms with van der Waals surface area (Å²) in [7, 11) is -5.04. The number of carbonyl (C=O) groups excluding carboxylic acids is 8. The summed E-state index contributed by atoms with van der Waals surface area (Å²) in [4.78, 5) is 118. The number of aliphatic hydroxyl groups excluding tert-OH is 1. The second-order valence-electron chi connectivity index (χ2n) is 12.6.